The molecule has 0 radical (unpaired) electrons. The molecule has 14 heteroatoms. The van der Waals surface area contributed by atoms with E-state index in [9.17, 15) is 9.59 Å². The Morgan fingerprint density at radius 1 is 0.839 bits per heavy atom. The van der Waals surface area contributed by atoms with Crippen molar-refractivity contribution in [2.75, 3.05) is 26.0 Å². The minimum Gasteiger partial charge on any atom is -0.492 e. The molecular formula is C42H51ClN8O3S2. The third-order valence-electron chi connectivity index (χ3n) is 11.3. The van der Waals surface area contributed by atoms with Gasteiger partial charge in [-0.1, -0.05) is 11.6 Å². The highest BCUT2D eigenvalue weighted by molar-refractivity contribution is 7.19. The van der Waals surface area contributed by atoms with E-state index in [1.54, 1.807) is 29.0 Å². The predicted molar refractivity (Wildman–Crippen MR) is 228 cm³/mol. The summed E-state index contributed by atoms with van der Waals surface area (Å²) in [7, 11) is 3.80. The lowest BCUT2D eigenvalue weighted by Gasteiger charge is -2.35. The van der Waals surface area contributed by atoms with Gasteiger partial charge in [0.15, 0.2) is 0 Å². The van der Waals surface area contributed by atoms with E-state index in [2.05, 4.69) is 83.9 Å². The number of aryl methyl sites for hydroxylation is 2. The normalized spacial score (nSPS) is 17.5. The molecule has 296 valence electrons. The molecule has 1 N–H and O–H groups in total. The van der Waals surface area contributed by atoms with Crippen molar-refractivity contribution < 1.29 is 14.3 Å². The third-order valence-corrected chi connectivity index (χ3v) is 13.9. The molecule has 3 aliphatic rings. The van der Waals surface area contributed by atoms with E-state index >= 15 is 0 Å². The van der Waals surface area contributed by atoms with Gasteiger partial charge in [-0.25, -0.2) is 19.9 Å². The third kappa shape index (κ3) is 7.86. The zero-order valence-electron chi connectivity index (χ0n) is 33.7. The number of aliphatic imine (C=N–C) groups is 1. The lowest BCUT2D eigenvalue weighted by Crippen LogP contribution is -2.46. The Kier molecular flexibility index (Phi) is 11.2. The van der Waals surface area contributed by atoms with Crippen LogP contribution >= 0.6 is 34.3 Å². The number of ether oxygens (including phenoxy) is 1. The van der Waals surface area contributed by atoms with E-state index in [1.807, 2.05) is 37.0 Å². The molecule has 1 aromatic carbocycles. The molecule has 0 fully saturated rings. The van der Waals surface area contributed by atoms with Gasteiger partial charge in [-0.05, 0) is 121 Å². The van der Waals surface area contributed by atoms with Crippen molar-refractivity contribution in [1.29, 1.82) is 0 Å². The molecule has 5 heterocycles. The number of benzene rings is 1. The first-order chi connectivity index (χ1) is 26.5. The maximum Gasteiger partial charge on any atom is 0.226 e. The number of rotatable bonds is 6. The standard InChI is InChI=1S/C26H31N5O2S.C16H20ClN3OS/c1-6-33-20-10-17-13-27-12-16(17)9-19(20)30-23-22-18-8-7-15(25(32)31(5)26(2,3)4)11-21(18)34-24(22)29-14-28-23;1-16(2,3)20(4)15(21)9-5-6-10-11(7-9)22-14-12(10)13(17)18-8-19-14/h9-10,12,14-15H,6-8,11,13H2,1-5H3,(H,28,29,30);8-9H,5-7H2,1-4H3. The van der Waals surface area contributed by atoms with Crippen molar-refractivity contribution >= 4 is 84.2 Å². The van der Waals surface area contributed by atoms with Crippen molar-refractivity contribution in [3.8, 4) is 5.75 Å². The zero-order chi connectivity index (χ0) is 40.1. The van der Waals surface area contributed by atoms with Crippen molar-refractivity contribution in [1.82, 2.24) is 29.7 Å². The molecule has 0 saturated carbocycles. The van der Waals surface area contributed by atoms with Gasteiger partial charge in [-0.2, -0.15) is 0 Å². The van der Waals surface area contributed by atoms with Crippen molar-refractivity contribution in [2.45, 2.75) is 105 Å². The van der Waals surface area contributed by atoms with Gasteiger partial charge < -0.3 is 19.9 Å². The molecule has 2 atom stereocenters. The fraction of sp³-hybridized carbons (Fsp3) is 0.500. The summed E-state index contributed by atoms with van der Waals surface area (Å²) in [5.41, 5.74) is 5.34. The second-order valence-electron chi connectivity index (χ2n) is 16.8. The van der Waals surface area contributed by atoms with Gasteiger partial charge >= 0.3 is 0 Å². The van der Waals surface area contributed by atoms with Crippen LogP contribution in [0.5, 0.6) is 5.75 Å². The van der Waals surface area contributed by atoms with Crippen LogP contribution in [0.2, 0.25) is 5.15 Å². The van der Waals surface area contributed by atoms with Gasteiger partial charge in [-0.15, -0.1) is 22.7 Å². The second-order valence-corrected chi connectivity index (χ2v) is 19.4. The van der Waals surface area contributed by atoms with E-state index in [0.29, 0.717) is 18.3 Å². The lowest BCUT2D eigenvalue weighted by molar-refractivity contribution is -0.139. The molecule has 0 bridgehead atoms. The topological polar surface area (TPSA) is 126 Å². The number of nitrogens with zero attached hydrogens (tertiary/aromatic N) is 7. The van der Waals surface area contributed by atoms with Crippen LogP contribution in [0, 0.1) is 11.8 Å². The van der Waals surface area contributed by atoms with E-state index < -0.39 is 0 Å². The van der Waals surface area contributed by atoms with Gasteiger partial charge in [0.05, 0.1) is 29.6 Å². The maximum atomic E-state index is 13.1. The van der Waals surface area contributed by atoms with Crippen LogP contribution in [0.15, 0.2) is 29.8 Å². The smallest absolute Gasteiger partial charge is 0.226 e. The van der Waals surface area contributed by atoms with Gasteiger partial charge in [-0.3, -0.25) is 14.6 Å². The number of aromatic nitrogens is 4. The fourth-order valence-corrected chi connectivity index (χ4v) is 10.4. The van der Waals surface area contributed by atoms with Crippen LogP contribution in [-0.4, -0.2) is 79.5 Å². The average Bonchev–Trinajstić information content (AvgIpc) is 3.88. The highest BCUT2D eigenvalue weighted by Crippen LogP contribution is 2.43. The highest BCUT2D eigenvalue weighted by atomic mass is 35.5. The number of carbonyl (C=O) groups is 2. The van der Waals surface area contributed by atoms with Gasteiger partial charge in [0.1, 0.15) is 39.0 Å². The number of halogens is 1. The summed E-state index contributed by atoms with van der Waals surface area (Å²) >= 11 is 9.56. The van der Waals surface area contributed by atoms with Gasteiger partial charge in [0.2, 0.25) is 11.8 Å². The molecular weight excluding hydrogens is 764 g/mol. The molecule has 0 spiro atoms. The van der Waals surface area contributed by atoms with Crippen molar-refractivity contribution in [2.24, 2.45) is 16.8 Å². The Morgan fingerprint density at radius 2 is 1.39 bits per heavy atom. The van der Waals surface area contributed by atoms with Crippen molar-refractivity contribution in [3.05, 3.63) is 61.9 Å². The molecule has 8 rings (SSSR count). The summed E-state index contributed by atoms with van der Waals surface area (Å²) in [6.07, 6.45) is 9.98. The van der Waals surface area contributed by atoms with Crippen LogP contribution in [0.25, 0.3) is 20.4 Å². The van der Waals surface area contributed by atoms with Crippen LogP contribution in [0.1, 0.15) is 93.3 Å². The monoisotopic (exact) mass is 814 g/mol. The Bertz CT molecular complexity index is 2340. The number of anilines is 2. The Labute approximate surface area is 342 Å². The number of amides is 2. The van der Waals surface area contributed by atoms with Gasteiger partial charge in [0.25, 0.3) is 0 Å². The molecule has 2 aliphatic carbocycles. The van der Waals surface area contributed by atoms with E-state index in [1.165, 1.54) is 32.8 Å². The number of nitrogens with one attached hydrogen (secondary N) is 1. The summed E-state index contributed by atoms with van der Waals surface area (Å²) in [6, 6.07) is 4.15. The molecule has 0 saturated heterocycles. The molecule has 11 nitrogen and oxygen atoms in total. The molecule has 2 amide bonds. The predicted octanol–water partition coefficient (Wildman–Crippen LogP) is 8.83. The van der Waals surface area contributed by atoms with Crippen molar-refractivity contribution in [3.63, 3.8) is 0 Å². The summed E-state index contributed by atoms with van der Waals surface area (Å²) in [5, 5.41) is 6.11. The highest BCUT2D eigenvalue weighted by Gasteiger charge is 2.35. The second kappa shape index (κ2) is 15.6. The SMILES string of the molecule is CCOc1cc2c(cc1Nc1ncnc3sc4c(c13)CCC(C(=O)N(C)C(C)(C)C)C4)C=NC2.CN(C(=O)C1CCc2c(sc3ncnc(Cl)c23)C1)C(C)(C)C. The molecule has 4 aromatic heterocycles. The Morgan fingerprint density at radius 3 is 1.96 bits per heavy atom. The quantitative estimate of drug-likeness (QED) is 0.169. The summed E-state index contributed by atoms with van der Waals surface area (Å²) in [6.45, 7) is 15.7. The molecule has 56 heavy (non-hydrogen) atoms. The maximum absolute atomic E-state index is 13.1. The molecule has 1 aliphatic heterocycles. The van der Waals surface area contributed by atoms with Crippen LogP contribution in [0.4, 0.5) is 11.5 Å². The van der Waals surface area contributed by atoms with Crippen LogP contribution in [0.3, 0.4) is 0 Å². The lowest BCUT2D eigenvalue weighted by atomic mass is 9.86. The van der Waals surface area contributed by atoms with E-state index in [4.69, 9.17) is 16.3 Å². The number of fused-ring (bicyclic) bond motifs is 7. The summed E-state index contributed by atoms with van der Waals surface area (Å²) in [4.78, 5) is 55.9. The molecule has 5 aromatic rings. The number of hydrogen-bond donors (Lipinski definition) is 1. The first-order valence-electron chi connectivity index (χ1n) is 19.3. The van der Waals surface area contributed by atoms with Crippen LogP contribution in [-0.2, 0) is 41.8 Å². The van der Waals surface area contributed by atoms with E-state index in [0.717, 1.165) is 81.8 Å². The summed E-state index contributed by atoms with van der Waals surface area (Å²) < 4.78 is 5.93. The fourth-order valence-electron chi connectivity index (χ4n) is 7.55. The largest absolute Gasteiger partial charge is 0.492 e. The van der Waals surface area contributed by atoms with Gasteiger partial charge in [0, 0.05) is 53.0 Å². The first-order valence-corrected chi connectivity index (χ1v) is 21.3. The summed E-state index contributed by atoms with van der Waals surface area (Å²) in [5.74, 6) is 2.11. The number of thiophene rings is 2. The Balaban J connectivity index is 0.000000189. The number of carbonyl (C=O) groups excluding carboxylic acids is 2. The minimum absolute atomic E-state index is 0.00899. The average molecular weight is 816 g/mol. The molecule has 2 unspecified atom stereocenters. The van der Waals surface area contributed by atoms with E-state index in [-0.39, 0.29) is 34.7 Å². The minimum atomic E-state index is -0.182. The Hall–Kier alpha value is -4.20. The first kappa shape index (κ1) is 40.0. The zero-order valence-corrected chi connectivity index (χ0v) is 36.1. The number of hydrogen-bond acceptors (Lipinski definition) is 11. The van der Waals surface area contributed by atoms with Crippen LogP contribution < -0.4 is 10.1 Å².